The Morgan fingerprint density at radius 3 is 2.84 bits per heavy atom. The summed E-state index contributed by atoms with van der Waals surface area (Å²) in [6, 6.07) is 8.10. The van der Waals surface area contributed by atoms with Crippen molar-refractivity contribution in [2.24, 2.45) is 5.92 Å². The Morgan fingerprint density at radius 1 is 1.37 bits per heavy atom. The van der Waals surface area contributed by atoms with Gasteiger partial charge in [0.1, 0.15) is 5.75 Å². The molecule has 0 radical (unpaired) electrons. The van der Waals surface area contributed by atoms with E-state index in [1.165, 1.54) is 0 Å². The third-order valence-electron chi connectivity index (χ3n) is 3.36. The number of ether oxygens (including phenoxy) is 1. The minimum atomic E-state index is -0.227. The van der Waals surface area contributed by atoms with Gasteiger partial charge in [0.25, 0.3) is 0 Å². The molecule has 3 N–H and O–H groups in total. The maximum atomic E-state index is 9.73. The van der Waals surface area contributed by atoms with Crippen molar-refractivity contribution in [3.05, 3.63) is 29.8 Å². The van der Waals surface area contributed by atoms with E-state index in [9.17, 15) is 5.11 Å². The third-order valence-corrected chi connectivity index (χ3v) is 3.36. The Morgan fingerprint density at radius 2 is 2.16 bits per heavy atom. The lowest BCUT2D eigenvalue weighted by atomic mass is 10.1. The van der Waals surface area contributed by atoms with Gasteiger partial charge in [-0.25, -0.2) is 0 Å². The van der Waals surface area contributed by atoms with E-state index in [0.717, 1.165) is 30.9 Å². The Hall–Kier alpha value is -1.10. The molecule has 0 aromatic heterocycles. The number of β-amino-alcohol motifs (C(OH)–C–C–N with tert-alkyl or cyclic N) is 1. The average molecular weight is 264 g/mol. The summed E-state index contributed by atoms with van der Waals surface area (Å²) in [5.74, 6) is 1.24. The Balaban J connectivity index is 1.85. The number of aliphatic hydroxyl groups is 1. The van der Waals surface area contributed by atoms with Crippen molar-refractivity contribution in [1.82, 2.24) is 10.6 Å². The normalized spacial score (nSPS) is 22.9. The van der Waals surface area contributed by atoms with Crippen LogP contribution < -0.4 is 15.4 Å². The van der Waals surface area contributed by atoms with Crippen molar-refractivity contribution in [3.63, 3.8) is 0 Å². The summed E-state index contributed by atoms with van der Waals surface area (Å²) in [5.41, 5.74) is 1.16. The van der Waals surface area contributed by atoms with Crippen LogP contribution in [-0.4, -0.2) is 36.9 Å². The molecule has 1 heterocycles. The molecule has 1 aliphatic heterocycles. The molecule has 0 aliphatic carbocycles. The summed E-state index contributed by atoms with van der Waals surface area (Å²) < 4.78 is 5.79. The number of hydrogen-bond donors (Lipinski definition) is 3. The lowest BCUT2D eigenvalue weighted by Gasteiger charge is -2.17. The second-order valence-corrected chi connectivity index (χ2v) is 5.39. The molecular weight excluding hydrogens is 240 g/mol. The molecule has 4 nitrogen and oxygen atoms in total. The second kappa shape index (κ2) is 6.89. The fraction of sp³-hybridized carbons (Fsp3) is 0.600. The fourth-order valence-electron chi connectivity index (χ4n) is 2.34. The zero-order valence-electron chi connectivity index (χ0n) is 11.7. The van der Waals surface area contributed by atoms with E-state index in [4.69, 9.17) is 4.74 Å². The smallest absolute Gasteiger partial charge is 0.124 e. The summed E-state index contributed by atoms with van der Waals surface area (Å²) in [6.45, 7) is 7.25. The molecule has 1 aromatic rings. The van der Waals surface area contributed by atoms with Crippen LogP contribution in [0.1, 0.15) is 19.4 Å². The first-order chi connectivity index (χ1) is 9.16. The van der Waals surface area contributed by atoms with Crippen molar-refractivity contribution >= 4 is 0 Å². The van der Waals surface area contributed by atoms with Gasteiger partial charge >= 0.3 is 0 Å². The molecular formula is C15H24N2O2. The van der Waals surface area contributed by atoms with E-state index in [1.54, 1.807) is 0 Å². The standard InChI is InChI=1S/C15H24N2O2/c1-11(2)19-15-6-4-3-5-12(15)7-16-8-13-9-17-10-14(13)18/h3-6,11,13-14,16-18H,7-10H2,1-2H3. The zero-order chi connectivity index (χ0) is 13.7. The zero-order valence-corrected chi connectivity index (χ0v) is 11.7. The van der Waals surface area contributed by atoms with Crippen LogP contribution in [0.3, 0.4) is 0 Å². The highest BCUT2D eigenvalue weighted by Crippen LogP contribution is 2.19. The number of para-hydroxylation sites is 1. The molecule has 1 aliphatic rings. The van der Waals surface area contributed by atoms with Gasteiger partial charge in [0.05, 0.1) is 12.2 Å². The lowest BCUT2D eigenvalue weighted by molar-refractivity contribution is 0.146. The van der Waals surface area contributed by atoms with E-state index in [0.29, 0.717) is 12.5 Å². The van der Waals surface area contributed by atoms with E-state index in [-0.39, 0.29) is 12.2 Å². The molecule has 4 heteroatoms. The highest BCUT2D eigenvalue weighted by atomic mass is 16.5. The molecule has 2 unspecified atom stereocenters. The first-order valence-electron chi connectivity index (χ1n) is 7.01. The number of aliphatic hydroxyl groups excluding tert-OH is 1. The molecule has 106 valence electrons. The van der Waals surface area contributed by atoms with Gasteiger partial charge in [-0.15, -0.1) is 0 Å². The van der Waals surface area contributed by atoms with Crippen LogP contribution in [0.2, 0.25) is 0 Å². The van der Waals surface area contributed by atoms with Crippen LogP contribution >= 0.6 is 0 Å². The molecule has 0 saturated carbocycles. The first kappa shape index (κ1) is 14.3. The summed E-state index contributed by atoms with van der Waals surface area (Å²) in [4.78, 5) is 0. The van der Waals surface area contributed by atoms with Crippen LogP contribution in [0, 0.1) is 5.92 Å². The van der Waals surface area contributed by atoms with Gasteiger partial charge in [-0.2, -0.15) is 0 Å². The van der Waals surface area contributed by atoms with Crippen LogP contribution in [0.5, 0.6) is 5.75 Å². The van der Waals surface area contributed by atoms with Gasteiger partial charge in [0.2, 0.25) is 0 Å². The lowest BCUT2D eigenvalue weighted by Crippen LogP contribution is -2.30. The first-order valence-corrected chi connectivity index (χ1v) is 7.01. The molecule has 0 amide bonds. The maximum absolute atomic E-state index is 9.73. The number of hydrogen-bond acceptors (Lipinski definition) is 4. The van der Waals surface area contributed by atoms with Gasteiger partial charge in [-0.3, -0.25) is 0 Å². The minimum absolute atomic E-state index is 0.182. The van der Waals surface area contributed by atoms with Crippen molar-refractivity contribution < 1.29 is 9.84 Å². The Bertz CT molecular complexity index is 395. The van der Waals surface area contributed by atoms with Crippen molar-refractivity contribution in [1.29, 1.82) is 0 Å². The largest absolute Gasteiger partial charge is 0.491 e. The third kappa shape index (κ3) is 4.20. The molecule has 0 bridgehead atoms. The molecule has 19 heavy (non-hydrogen) atoms. The molecule has 1 aromatic carbocycles. The van der Waals surface area contributed by atoms with E-state index < -0.39 is 0 Å². The fourth-order valence-corrected chi connectivity index (χ4v) is 2.34. The summed E-state index contributed by atoms with van der Waals surface area (Å²) in [5, 5.41) is 16.3. The molecule has 1 fully saturated rings. The maximum Gasteiger partial charge on any atom is 0.124 e. The van der Waals surface area contributed by atoms with Gasteiger partial charge < -0.3 is 20.5 Å². The Kier molecular flexibility index (Phi) is 5.19. The quantitative estimate of drug-likeness (QED) is 0.721. The highest BCUT2D eigenvalue weighted by Gasteiger charge is 2.24. The van der Waals surface area contributed by atoms with Gasteiger partial charge in [-0.05, 0) is 19.9 Å². The van der Waals surface area contributed by atoms with E-state index in [1.807, 2.05) is 32.0 Å². The van der Waals surface area contributed by atoms with Crippen LogP contribution in [0.4, 0.5) is 0 Å². The number of rotatable bonds is 6. The summed E-state index contributed by atoms with van der Waals surface area (Å²) in [6.07, 6.45) is -0.0448. The predicted octanol–water partition coefficient (Wildman–Crippen LogP) is 1.14. The second-order valence-electron chi connectivity index (χ2n) is 5.39. The summed E-state index contributed by atoms with van der Waals surface area (Å²) in [7, 11) is 0. The van der Waals surface area contributed by atoms with Crippen molar-refractivity contribution in [2.45, 2.75) is 32.6 Å². The minimum Gasteiger partial charge on any atom is -0.491 e. The SMILES string of the molecule is CC(C)Oc1ccccc1CNCC1CNCC1O. The van der Waals surface area contributed by atoms with E-state index >= 15 is 0 Å². The molecule has 0 spiro atoms. The molecule has 1 saturated heterocycles. The van der Waals surface area contributed by atoms with Gasteiger partial charge in [0, 0.05) is 37.7 Å². The summed E-state index contributed by atoms with van der Waals surface area (Å²) >= 11 is 0. The molecule has 2 rings (SSSR count). The van der Waals surface area contributed by atoms with Crippen molar-refractivity contribution in [3.8, 4) is 5.75 Å². The average Bonchev–Trinajstić information content (AvgIpc) is 2.77. The monoisotopic (exact) mass is 264 g/mol. The Labute approximate surface area is 115 Å². The number of nitrogens with one attached hydrogen (secondary N) is 2. The van der Waals surface area contributed by atoms with Gasteiger partial charge in [-0.1, -0.05) is 18.2 Å². The van der Waals surface area contributed by atoms with E-state index in [2.05, 4.69) is 16.7 Å². The van der Waals surface area contributed by atoms with Crippen LogP contribution in [0.25, 0.3) is 0 Å². The van der Waals surface area contributed by atoms with Gasteiger partial charge in [0.15, 0.2) is 0 Å². The highest BCUT2D eigenvalue weighted by molar-refractivity contribution is 5.33. The van der Waals surface area contributed by atoms with Crippen LogP contribution in [-0.2, 0) is 6.54 Å². The molecule has 2 atom stereocenters. The topological polar surface area (TPSA) is 53.5 Å². The predicted molar refractivity (Wildman–Crippen MR) is 76.3 cm³/mol. The number of benzene rings is 1. The van der Waals surface area contributed by atoms with Crippen LogP contribution in [0.15, 0.2) is 24.3 Å². The van der Waals surface area contributed by atoms with Crippen molar-refractivity contribution in [2.75, 3.05) is 19.6 Å².